The Morgan fingerprint density at radius 1 is 1.50 bits per heavy atom. The molecular weight excluding hydrogens is 244 g/mol. The predicted molar refractivity (Wildman–Crippen MR) is 71.3 cm³/mol. The summed E-state index contributed by atoms with van der Waals surface area (Å²) in [4.78, 5) is 14.3. The van der Waals surface area contributed by atoms with Gasteiger partial charge < -0.3 is 10.2 Å². The molecule has 2 unspecified atom stereocenters. The third kappa shape index (κ3) is 2.84. The molecule has 0 aromatic rings. The van der Waals surface area contributed by atoms with Gasteiger partial charge in [0.25, 0.3) is 0 Å². The van der Waals surface area contributed by atoms with Crippen LogP contribution in [0.2, 0.25) is 0 Å². The molecule has 2 aliphatic heterocycles. The second kappa shape index (κ2) is 6.12. The SMILES string of the molecule is CC(C(=O)N1CCSCC1C)C1CNC1.Cl. The quantitative estimate of drug-likeness (QED) is 0.814. The Morgan fingerprint density at radius 3 is 2.69 bits per heavy atom. The van der Waals surface area contributed by atoms with E-state index in [9.17, 15) is 4.79 Å². The van der Waals surface area contributed by atoms with Gasteiger partial charge in [-0.15, -0.1) is 12.4 Å². The molecule has 0 radical (unpaired) electrons. The van der Waals surface area contributed by atoms with Crippen LogP contribution in [0, 0.1) is 11.8 Å². The highest BCUT2D eigenvalue weighted by Crippen LogP contribution is 2.23. The molecule has 0 aromatic heterocycles. The molecule has 5 heteroatoms. The van der Waals surface area contributed by atoms with E-state index >= 15 is 0 Å². The molecule has 2 rings (SSSR count). The highest BCUT2D eigenvalue weighted by molar-refractivity contribution is 7.99. The molecule has 2 saturated heterocycles. The summed E-state index contributed by atoms with van der Waals surface area (Å²) in [6.07, 6.45) is 0. The van der Waals surface area contributed by atoms with Gasteiger partial charge in [-0.1, -0.05) is 6.92 Å². The fourth-order valence-corrected chi connectivity index (χ4v) is 3.20. The normalized spacial score (nSPS) is 27.9. The van der Waals surface area contributed by atoms with Crippen LogP contribution in [-0.4, -0.2) is 48.0 Å². The van der Waals surface area contributed by atoms with Crippen LogP contribution in [0.3, 0.4) is 0 Å². The van der Waals surface area contributed by atoms with Gasteiger partial charge in [0.05, 0.1) is 0 Å². The van der Waals surface area contributed by atoms with Crippen molar-refractivity contribution in [2.75, 3.05) is 31.1 Å². The summed E-state index contributed by atoms with van der Waals surface area (Å²) < 4.78 is 0. The van der Waals surface area contributed by atoms with Crippen molar-refractivity contribution in [3.63, 3.8) is 0 Å². The van der Waals surface area contributed by atoms with Crippen molar-refractivity contribution in [1.82, 2.24) is 10.2 Å². The highest BCUT2D eigenvalue weighted by atomic mass is 35.5. The summed E-state index contributed by atoms with van der Waals surface area (Å²) in [6.45, 7) is 7.22. The zero-order chi connectivity index (χ0) is 10.8. The Bertz CT molecular complexity index is 248. The van der Waals surface area contributed by atoms with Gasteiger partial charge in [-0.2, -0.15) is 11.8 Å². The standard InChI is InChI=1S/C11H20N2OS.ClH/c1-8-7-15-4-3-13(8)11(14)9(2)10-5-12-6-10;/h8-10,12H,3-7H2,1-2H3;1H. The number of hydrogen-bond acceptors (Lipinski definition) is 3. The number of nitrogens with one attached hydrogen (secondary N) is 1. The minimum absolute atomic E-state index is 0. The molecule has 0 aliphatic carbocycles. The minimum atomic E-state index is 0. The Balaban J connectivity index is 0.00000128. The lowest BCUT2D eigenvalue weighted by Gasteiger charge is -2.39. The van der Waals surface area contributed by atoms with Crippen LogP contribution in [0.4, 0.5) is 0 Å². The van der Waals surface area contributed by atoms with Gasteiger partial charge in [-0.3, -0.25) is 4.79 Å². The lowest BCUT2D eigenvalue weighted by molar-refractivity contribution is -0.138. The lowest BCUT2D eigenvalue weighted by atomic mass is 9.87. The summed E-state index contributed by atoms with van der Waals surface area (Å²) in [5, 5.41) is 3.24. The van der Waals surface area contributed by atoms with Crippen LogP contribution < -0.4 is 5.32 Å². The number of carbonyl (C=O) groups is 1. The molecule has 16 heavy (non-hydrogen) atoms. The van der Waals surface area contributed by atoms with E-state index in [-0.39, 0.29) is 18.3 Å². The smallest absolute Gasteiger partial charge is 0.226 e. The number of thioether (sulfide) groups is 1. The maximum atomic E-state index is 12.2. The van der Waals surface area contributed by atoms with Crippen LogP contribution >= 0.6 is 24.2 Å². The van der Waals surface area contributed by atoms with Crippen LogP contribution in [0.1, 0.15) is 13.8 Å². The van der Waals surface area contributed by atoms with Gasteiger partial charge in [0.15, 0.2) is 0 Å². The Hall–Kier alpha value is 0.0700. The summed E-state index contributed by atoms with van der Waals surface area (Å²) >= 11 is 1.96. The maximum Gasteiger partial charge on any atom is 0.226 e. The fraction of sp³-hybridized carbons (Fsp3) is 0.909. The van der Waals surface area contributed by atoms with Gasteiger partial charge in [0.2, 0.25) is 5.91 Å². The minimum Gasteiger partial charge on any atom is -0.338 e. The van der Waals surface area contributed by atoms with Crippen molar-refractivity contribution in [2.24, 2.45) is 11.8 Å². The van der Waals surface area contributed by atoms with Crippen LogP contribution in [0.15, 0.2) is 0 Å². The molecular formula is C11H21ClN2OS. The van der Waals surface area contributed by atoms with Crippen LogP contribution in [0.5, 0.6) is 0 Å². The van der Waals surface area contributed by atoms with Gasteiger partial charge in [-0.05, 0) is 25.9 Å². The van der Waals surface area contributed by atoms with Crippen molar-refractivity contribution >= 4 is 30.1 Å². The molecule has 1 N–H and O–H groups in total. The lowest BCUT2D eigenvalue weighted by Crippen LogP contribution is -2.53. The van der Waals surface area contributed by atoms with Crippen molar-refractivity contribution in [3.8, 4) is 0 Å². The maximum absolute atomic E-state index is 12.2. The van der Waals surface area contributed by atoms with E-state index in [1.807, 2.05) is 11.8 Å². The van der Waals surface area contributed by atoms with Gasteiger partial charge in [0.1, 0.15) is 0 Å². The summed E-state index contributed by atoms with van der Waals surface area (Å²) in [5.74, 6) is 3.35. The molecule has 2 aliphatic rings. The van der Waals surface area contributed by atoms with E-state index in [2.05, 4.69) is 24.1 Å². The number of amides is 1. The van der Waals surface area contributed by atoms with Crippen LogP contribution in [0.25, 0.3) is 0 Å². The largest absolute Gasteiger partial charge is 0.338 e. The van der Waals surface area contributed by atoms with Gasteiger partial charge in [0, 0.05) is 30.0 Å². The Morgan fingerprint density at radius 2 is 2.19 bits per heavy atom. The average Bonchev–Trinajstić information content (AvgIpc) is 2.15. The highest BCUT2D eigenvalue weighted by Gasteiger charge is 2.33. The fourth-order valence-electron chi connectivity index (χ4n) is 2.18. The van der Waals surface area contributed by atoms with E-state index in [4.69, 9.17) is 0 Å². The molecule has 0 bridgehead atoms. The second-order valence-corrected chi connectivity index (χ2v) is 5.81. The van der Waals surface area contributed by atoms with Crippen LogP contribution in [-0.2, 0) is 4.79 Å². The number of nitrogens with zero attached hydrogens (tertiary/aromatic N) is 1. The number of halogens is 1. The molecule has 2 fully saturated rings. The topological polar surface area (TPSA) is 32.3 Å². The van der Waals surface area contributed by atoms with E-state index in [0.717, 1.165) is 31.1 Å². The molecule has 2 atom stereocenters. The molecule has 0 saturated carbocycles. The zero-order valence-electron chi connectivity index (χ0n) is 9.94. The van der Waals surface area contributed by atoms with E-state index < -0.39 is 0 Å². The van der Waals surface area contributed by atoms with E-state index in [1.165, 1.54) is 0 Å². The summed E-state index contributed by atoms with van der Waals surface area (Å²) in [5.41, 5.74) is 0. The van der Waals surface area contributed by atoms with Gasteiger partial charge in [-0.25, -0.2) is 0 Å². The van der Waals surface area contributed by atoms with Crippen molar-refractivity contribution in [2.45, 2.75) is 19.9 Å². The second-order valence-electron chi connectivity index (χ2n) is 4.66. The molecule has 94 valence electrons. The summed E-state index contributed by atoms with van der Waals surface area (Å²) in [6, 6.07) is 0.423. The van der Waals surface area contributed by atoms with E-state index in [0.29, 0.717) is 17.9 Å². The molecule has 2 heterocycles. The van der Waals surface area contributed by atoms with Crippen molar-refractivity contribution in [1.29, 1.82) is 0 Å². The number of carbonyl (C=O) groups excluding carboxylic acids is 1. The first-order valence-corrected chi connectivity index (χ1v) is 6.94. The summed E-state index contributed by atoms with van der Waals surface area (Å²) in [7, 11) is 0. The van der Waals surface area contributed by atoms with Crippen molar-refractivity contribution < 1.29 is 4.79 Å². The first-order chi connectivity index (χ1) is 7.20. The average molecular weight is 265 g/mol. The number of rotatable bonds is 2. The Kier molecular flexibility index (Phi) is 5.41. The first-order valence-electron chi connectivity index (χ1n) is 5.79. The van der Waals surface area contributed by atoms with Gasteiger partial charge >= 0.3 is 0 Å². The molecule has 1 amide bonds. The predicted octanol–water partition coefficient (Wildman–Crippen LogP) is 1.23. The monoisotopic (exact) mass is 264 g/mol. The third-order valence-corrected chi connectivity index (χ3v) is 4.75. The zero-order valence-corrected chi connectivity index (χ0v) is 11.6. The third-order valence-electron chi connectivity index (χ3n) is 3.56. The number of hydrogen-bond donors (Lipinski definition) is 1. The van der Waals surface area contributed by atoms with E-state index in [1.54, 1.807) is 0 Å². The molecule has 3 nitrogen and oxygen atoms in total. The molecule has 0 spiro atoms. The first kappa shape index (κ1) is 14.1. The molecule has 0 aromatic carbocycles. The Labute approximate surface area is 108 Å². The van der Waals surface area contributed by atoms with Crippen molar-refractivity contribution in [3.05, 3.63) is 0 Å².